The van der Waals surface area contributed by atoms with Gasteiger partial charge < -0.3 is 30.4 Å². The number of carbonyl (C=O) groups excluding carboxylic acids is 4. The van der Waals surface area contributed by atoms with Crippen LogP contribution in [0.4, 0.5) is 4.79 Å². The molecule has 0 fully saturated rings. The minimum absolute atomic E-state index is 0.126. The molecule has 0 spiro atoms. The number of carbonyl (C=O) groups is 4. The Labute approximate surface area is 218 Å². The number of hydrogen-bond donors (Lipinski definition) is 4. The van der Waals surface area contributed by atoms with Crippen LogP contribution in [0.5, 0.6) is 0 Å². The number of para-hydroxylation sites is 1. The Morgan fingerprint density at radius 2 is 1.62 bits per heavy atom. The van der Waals surface area contributed by atoms with Crippen LogP contribution in [0, 0.1) is 5.92 Å². The number of methoxy groups -OCH3 is 1. The summed E-state index contributed by atoms with van der Waals surface area (Å²) in [6.07, 6.45) is 1.57. The number of rotatable bonds is 10. The molecule has 1 aromatic carbocycles. The van der Waals surface area contributed by atoms with E-state index in [1.54, 1.807) is 27.0 Å². The Bertz CT molecular complexity index is 1120. The lowest BCUT2D eigenvalue weighted by molar-refractivity contribution is -0.146. The number of nitrogens with one attached hydrogen (secondary N) is 4. The average Bonchev–Trinajstić information content (AvgIpc) is 3.18. The van der Waals surface area contributed by atoms with Crippen molar-refractivity contribution in [2.75, 3.05) is 7.11 Å². The molecule has 1 aromatic heterocycles. The van der Waals surface area contributed by atoms with Crippen LogP contribution in [0.1, 0.15) is 60.5 Å². The van der Waals surface area contributed by atoms with Crippen molar-refractivity contribution < 1.29 is 28.7 Å². The lowest BCUT2D eigenvalue weighted by Crippen LogP contribution is -2.61. The Morgan fingerprint density at radius 3 is 2.22 bits per heavy atom. The van der Waals surface area contributed by atoms with Gasteiger partial charge in [0.25, 0.3) is 0 Å². The molecule has 2 atom stereocenters. The van der Waals surface area contributed by atoms with Crippen molar-refractivity contribution in [1.82, 2.24) is 20.9 Å². The number of amides is 3. The molecule has 0 saturated carbocycles. The van der Waals surface area contributed by atoms with Crippen LogP contribution in [0.25, 0.3) is 10.9 Å². The van der Waals surface area contributed by atoms with Crippen molar-refractivity contribution in [3.05, 3.63) is 36.0 Å². The number of alkyl carbamates (subject to hydrolysis) is 1. The number of aromatic amines is 1. The first-order chi connectivity index (χ1) is 17.1. The van der Waals surface area contributed by atoms with Crippen molar-refractivity contribution in [3.8, 4) is 0 Å². The van der Waals surface area contributed by atoms with Gasteiger partial charge in [0.05, 0.1) is 7.11 Å². The molecule has 0 aliphatic heterocycles. The number of ether oxygens (including phenoxy) is 2. The van der Waals surface area contributed by atoms with Crippen molar-refractivity contribution in [2.45, 2.75) is 84.5 Å². The van der Waals surface area contributed by atoms with E-state index in [1.165, 1.54) is 21.0 Å². The lowest BCUT2D eigenvalue weighted by atomic mass is 9.98. The summed E-state index contributed by atoms with van der Waals surface area (Å²) in [6.45, 7) is 12.1. The second-order valence-corrected chi connectivity index (χ2v) is 11.1. The van der Waals surface area contributed by atoms with Gasteiger partial charge in [-0.15, -0.1) is 0 Å². The SMILES string of the molecule is COC(=O)[C@H](CC(C)C)NC(=O)C(C)(C)NC(=O)[C@H](Cc1c[nH]c2ccccc12)NC(=O)OC(C)(C)C. The number of H-pyrrole nitrogens is 1. The van der Waals surface area contributed by atoms with Gasteiger partial charge in [0, 0.05) is 23.5 Å². The highest BCUT2D eigenvalue weighted by atomic mass is 16.6. The maximum Gasteiger partial charge on any atom is 0.408 e. The van der Waals surface area contributed by atoms with Gasteiger partial charge in [0.15, 0.2) is 0 Å². The minimum atomic E-state index is -1.39. The van der Waals surface area contributed by atoms with E-state index in [2.05, 4.69) is 20.9 Å². The summed E-state index contributed by atoms with van der Waals surface area (Å²) in [5.74, 6) is -1.57. The molecule has 2 rings (SSSR count). The number of esters is 1. The van der Waals surface area contributed by atoms with Gasteiger partial charge in [-0.05, 0) is 58.6 Å². The summed E-state index contributed by atoms with van der Waals surface area (Å²) < 4.78 is 10.2. The second-order valence-electron chi connectivity index (χ2n) is 11.1. The molecule has 2 aromatic rings. The highest BCUT2D eigenvalue weighted by Gasteiger charge is 2.36. The zero-order valence-electron chi connectivity index (χ0n) is 23.0. The van der Waals surface area contributed by atoms with Gasteiger partial charge in [0.1, 0.15) is 23.2 Å². The van der Waals surface area contributed by atoms with Crippen LogP contribution >= 0.6 is 0 Å². The summed E-state index contributed by atoms with van der Waals surface area (Å²) in [7, 11) is 1.26. The van der Waals surface area contributed by atoms with E-state index in [1.807, 2.05) is 38.1 Å². The van der Waals surface area contributed by atoms with E-state index in [4.69, 9.17) is 9.47 Å². The predicted molar refractivity (Wildman–Crippen MR) is 141 cm³/mol. The van der Waals surface area contributed by atoms with E-state index in [-0.39, 0.29) is 12.3 Å². The minimum Gasteiger partial charge on any atom is -0.467 e. The van der Waals surface area contributed by atoms with Gasteiger partial charge in [-0.3, -0.25) is 9.59 Å². The number of benzene rings is 1. The third-order valence-electron chi connectivity index (χ3n) is 5.61. The topological polar surface area (TPSA) is 139 Å². The first-order valence-corrected chi connectivity index (χ1v) is 12.4. The van der Waals surface area contributed by atoms with E-state index in [0.29, 0.717) is 6.42 Å². The zero-order chi connectivity index (χ0) is 28.0. The first kappa shape index (κ1) is 29.7. The molecule has 10 heteroatoms. The molecule has 0 aliphatic rings. The molecular formula is C27H40N4O6. The lowest BCUT2D eigenvalue weighted by Gasteiger charge is -2.30. The van der Waals surface area contributed by atoms with Crippen molar-refractivity contribution >= 4 is 34.8 Å². The standard InChI is InChI=1S/C27H40N4O6/c1-16(2)13-21(23(33)36-8)29-24(34)27(6,7)31-22(32)20(30-25(35)37-26(3,4)5)14-17-15-28-19-12-10-9-11-18(17)19/h9-12,15-16,20-21,28H,13-14H2,1-8H3,(H,29,34)(H,30,35)(H,31,32)/t20-,21-/m0/s1. The van der Waals surface area contributed by atoms with Crippen LogP contribution < -0.4 is 16.0 Å². The summed E-state index contributed by atoms with van der Waals surface area (Å²) >= 11 is 0. The maximum atomic E-state index is 13.4. The average molecular weight is 517 g/mol. The maximum absolute atomic E-state index is 13.4. The van der Waals surface area contributed by atoms with Gasteiger partial charge in [0.2, 0.25) is 11.8 Å². The predicted octanol–water partition coefficient (Wildman–Crippen LogP) is 3.20. The Kier molecular flexibility index (Phi) is 9.72. The third kappa shape index (κ3) is 8.80. The Balaban J connectivity index is 2.24. The van der Waals surface area contributed by atoms with Crippen LogP contribution in [-0.4, -0.2) is 59.2 Å². The highest BCUT2D eigenvalue weighted by Crippen LogP contribution is 2.20. The van der Waals surface area contributed by atoms with Gasteiger partial charge in [-0.25, -0.2) is 9.59 Å². The van der Waals surface area contributed by atoms with Crippen LogP contribution in [0.15, 0.2) is 30.5 Å². The summed E-state index contributed by atoms with van der Waals surface area (Å²) in [5, 5.41) is 8.95. The molecule has 10 nitrogen and oxygen atoms in total. The fourth-order valence-corrected chi connectivity index (χ4v) is 3.80. The molecule has 4 N–H and O–H groups in total. The quantitative estimate of drug-likeness (QED) is 0.358. The van der Waals surface area contributed by atoms with Crippen molar-refractivity contribution in [1.29, 1.82) is 0 Å². The number of fused-ring (bicyclic) bond motifs is 1. The molecule has 0 aliphatic carbocycles. The summed E-state index contributed by atoms with van der Waals surface area (Å²) in [4.78, 5) is 54.4. The highest BCUT2D eigenvalue weighted by molar-refractivity contribution is 5.95. The normalized spacial score (nSPS) is 13.5. The first-order valence-electron chi connectivity index (χ1n) is 12.4. The third-order valence-corrected chi connectivity index (χ3v) is 5.61. The van der Waals surface area contributed by atoms with Crippen LogP contribution in [-0.2, 0) is 30.3 Å². The molecule has 0 unspecified atom stereocenters. The van der Waals surface area contributed by atoms with Gasteiger partial charge in [-0.2, -0.15) is 0 Å². The molecule has 0 saturated heterocycles. The molecule has 204 valence electrons. The zero-order valence-corrected chi connectivity index (χ0v) is 23.0. The van der Waals surface area contributed by atoms with Crippen molar-refractivity contribution in [2.24, 2.45) is 5.92 Å². The molecular weight excluding hydrogens is 476 g/mol. The number of aromatic nitrogens is 1. The van der Waals surface area contributed by atoms with E-state index >= 15 is 0 Å². The molecule has 3 amide bonds. The monoisotopic (exact) mass is 516 g/mol. The van der Waals surface area contributed by atoms with Crippen molar-refractivity contribution in [3.63, 3.8) is 0 Å². The van der Waals surface area contributed by atoms with E-state index in [0.717, 1.165) is 16.5 Å². The van der Waals surface area contributed by atoms with Crippen LogP contribution in [0.3, 0.4) is 0 Å². The van der Waals surface area contributed by atoms with E-state index < -0.39 is 47.1 Å². The fourth-order valence-electron chi connectivity index (χ4n) is 3.80. The molecule has 0 bridgehead atoms. The Morgan fingerprint density at radius 1 is 0.973 bits per heavy atom. The second kappa shape index (κ2) is 12.1. The number of hydrogen-bond acceptors (Lipinski definition) is 6. The molecule has 37 heavy (non-hydrogen) atoms. The summed E-state index contributed by atoms with van der Waals surface area (Å²) in [5.41, 5.74) is -0.442. The Hall–Kier alpha value is -3.56. The smallest absolute Gasteiger partial charge is 0.408 e. The van der Waals surface area contributed by atoms with Crippen LogP contribution in [0.2, 0.25) is 0 Å². The van der Waals surface area contributed by atoms with E-state index in [9.17, 15) is 19.2 Å². The molecule has 0 radical (unpaired) electrons. The van der Waals surface area contributed by atoms with Gasteiger partial charge >= 0.3 is 12.1 Å². The summed E-state index contributed by atoms with van der Waals surface area (Å²) in [6, 6.07) is 5.73. The fraction of sp³-hybridized carbons (Fsp3) is 0.556. The largest absolute Gasteiger partial charge is 0.467 e. The molecule has 1 heterocycles. The van der Waals surface area contributed by atoms with Gasteiger partial charge in [-0.1, -0.05) is 32.0 Å².